The molecule has 0 amide bonds. The molecule has 0 aliphatic rings. The third-order valence-electron chi connectivity index (χ3n) is 3.46. The van der Waals surface area contributed by atoms with Crippen molar-refractivity contribution in [3.05, 3.63) is 54.1 Å². The molecule has 0 aliphatic heterocycles. The average molecular weight is 330 g/mol. The Morgan fingerprint density at radius 2 is 1.33 bits per heavy atom. The van der Waals surface area contributed by atoms with Crippen molar-refractivity contribution in [1.29, 1.82) is 0 Å². The second-order valence-corrected chi connectivity index (χ2v) is 6.40. The maximum atomic E-state index is 8.97. The Hall–Kier alpha value is -1.79. The van der Waals surface area contributed by atoms with Gasteiger partial charge in [-0.05, 0) is 34.0 Å². The van der Waals surface area contributed by atoms with Crippen molar-refractivity contribution in [1.82, 2.24) is 0 Å². The minimum Gasteiger partial charge on any atom is -0.497 e. The van der Waals surface area contributed by atoms with Crippen LogP contribution in [0.3, 0.4) is 0 Å². The molecule has 24 heavy (non-hydrogen) atoms. The normalized spacial score (nSPS) is 10.5. The molecule has 0 saturated heterocycles. The van der Waals surface area contributed by atoms with Crippen LogP contribution in [0.2, 0.25) is 0 Å². The van der Waals surface area contributed by atoms with Gasteiger partial charge in [0.25, 0.3) is 0 Å². The first kappa shape index (κ1) is 20.3. The summed E-state index contributed by atoms with van der Waals surface area (Å²) in [5.74, 6) is 0.703. The zero-order valence-corrected chi connectivity index (χ0v) is 14.5. The quantitative estimate of drug-likeness (QED) is 0.597. The second kappa shape index (κ2) is 8.89. The summed E-state index contributed by atoms with van der Waals surface area (Å²) in [6.07, 6.45) is 0. The number of methoxy groups -OCH3 is 1. The molecule has 0 fully saturated rings. The summed E-state index contributed by atoms with van der Waals surface area (Å²) < 4.78 is 4.89. The second-order valence-electron chi connectivity index (χ2n) is 6.40. The molecular formula is C17H24B2O5. The standard InChI is InChI=1S/C10H15BO2.C7H9BO3/c1-10(2,3)8-5-4-6-9(7-8)11(12)13;1-11-7-4-2-6(3-5-7)8(9)10/h4-7,12-13H,1-3H3;2-5,9-10H,1H3. The van der Waals surface area contributed by atoms with Crippen molar-refractivity contribution in [2.45, 2.75) is 26.2 Å². The van der Waals surface area contributed by atoms with E-state index in [0.717, 1.165) is 5.56 Å². The molecule has 0 unspecified atom stereocenters. The predicted molar refractivity (Wildman–Crippen MR) is 97.8 cm³/mol. The van der Waals surface area contributed by atoms with E-state index in [1.807, 2.05) is 18.2 Å². The Labute approximate surface area is 143 Å². The summed E-state index contributed by atoms with van der Waals surface area (Å²) in [6, 6.07) is 13.9. The molecule has 4 N–H and O–H groups in total. The predicted octanol–water partition coefficient (Wildman–Crippen LogP) is 0.0389. The lowest BCUT2D eigenvalue weighted by Gasteiger charge is -2.19. The van der Waals surface area contributed by atoms with Crippen molar-refractivity contribution >= 4 is 25.2 Å². The molecule has 0 aliphatic carbocycles. The van der Waals surface area contributed by atoms with Gasteiger partial charge in [0, 0.05) is 0 Å². The van der Waals surface area contributed by atoms with Crippen LogP contribution in [0.4, 0.5) is 0 Å². The molecule has 0 heterocycles. The van der Waals surface area contributed by atoms with Crippen molar-refractivity contribution in [2.75, 3.05) is 7.11 Å². The maximum absolute atomic E-state index is 8.97. The van der Waals surface area contributed by atoms with Gasteiger partial charge < -0.3 is 24.8 Å². The highest BCUT2D eigenvalue weighted by Gasteiger charge is 2.17. The van der Waals surface area contributed by atoms with Crippen LogP contribution in [0.5, 0.6) is 5.75 Å². The van der Waals surface area contributed by atoms with Gasteiger partial charge in [-0.15, -0.1) is 0 Å². The van der Waals surface area contributed by atoms with Crippen LogP contribution in [0.25, 0.3) is 0 Å². The van der Waals surface area contributed by atoms with Crippen LogP contribution in [0.1, 0.15) is 26.3 Å². The fraction of sp³-hybridized carbons (Fsp3) is 0.294. The lowest BCUT2D eigenvalue weighted by Crippen LogP contribution is -2.31. The third-order valence-corrected chi connectivity index (χ3v) is 3.46. The van der Waals surface area contributed by atoms with Crippen LogP contribution in [0, 0.1) is 0 Å². The number of ether oxygens (including phenoxy) is 1. The minimum absolute atomic E-state index is 0.0465. The molecule has 0 atom stereocenters. The fourth-order valence-corrected chi connectivity index (χ4v) is 1.94. The molecule has 128 valence electrons. The Morgan fingerprint density at radius 1 is 0.792 bits per heavy atom. The van der Waals surface area contributed by atoms with Gasteiger partial charge in [0.15, 0.2) is 0 Å². The SMILES string of the molecule is CC(C)(C)c1cccc(B(O)O)c1.COc1ccc(B(O)O)cc1. The Bertz CT molecular complexity index is 622. The fourth-order valence-electron chi connectivity index (χ4n) is 1.94. The first-order chi connectivity index (χ1) is 11.1. The summed E-state index contributed by atoms with van der Waals surface area (Å²) in [5.41, 5.74) is 2.17. The molecule has 2 aromatic rings. The van der Waals surface area contributed by atoms with Gasteiger partial charge in [-0.3, -0.25) is 0 Å². The Balaban J connectivity index is 0.000000243. The van der Waals surface area contributed by atoms with Crippen LogP contribution < -0.4 is 15.7 Å². The molecule has 0 saturated carbocycles. The highest BCUT2D eigenvalue weighted by Crippen LogP contribution is 2.20. The monoisotopic (exact) mass is 330 g/mol. The summed E-state index contributed by atoms with van der Waals surface area (Å²) in [6.45, 7) is 6.28. The van der Waals surface area contributed by atoms with Gasteiger partial charge in [-0.2, -0.15) is 0 Å². The van der Waals surface area contributed by atoms with E-state index in [2.05, 4.69) is 20.8 Å². The van der Waals surface area contributed by atoms with Crippen molar-refractivity contribution < 1.29 is 24.8 Å². The topological polar surface area (TPSA) is 90.2 Å². The maximum Gasteiger partial charge on any atom is 0.488 e. The van der Waals surface area contributed by atoms with E-state index < -0.39 is 14.2 Å². The van der Waals surface area contributed by atoms with E-state index in [1.54, 1.807) is 37.4 Å². The molecule has 0 bridgehead atoms. The summed E-state index contributed by atoms with van der Waals surface area (Å²) in [5, 5.41) is 35.3. The van der Waals surface area contributed by atoms with E-state index >= 15 is 0 Å². The molecule has 0 spiro atoms. The summed E-state index contributed by atoms with van der Waals surface area (Å²) in [4.78, 5) is 0. The molecule has 7 heteroatoms. The third kappa shape index (κ3) is 6.37. The molecular weight excluding hydrogens is 306 g/mol. The molecule has 2 aromatic carbocycles. The van der Waals surface area contributed by atoms with Crippen LogP contribution in [0.15, 0.2) is 48.5 Å². The zero-order valence-electron chi connectivity index (χ0n) is 14.5. The first-order valence-electron chi connectivity index (χ1n) is 7.62. The van der Waals surface area contributed by atoms with Gasteiger partial charge in [0.05, 0.1) is 7.11 Å². The van der Waals surface area contributed by atoms with E-state index in [0.29, 0.717) is 16.7 Å². The van der Waals surface area contributed by atoms with Gasteiger partial charge in [-0.1, -0.05) is 57.2 Å². The number of benzene rings is 2. The van der Waals surface area contributed by atoms with Gasteiger partial charge in [0.2, 0.25) is 0 Å². The lowest BCUT2D eigenvalue weighted by molar-refractivity contribution is 0.414. The molecule has 2 rings (SSSR count). The van der Waals surface area contributed by atoms with Crippen LogP contribution in [-0.4, -0.2) is 41.4 Å². The first-order valence-corrected chi connectivity index (χ1v) is 7.62. The Kier molecular flexibility index (Phi) is 7.51. The highest BCUT2D eigenvalue weighted by molar-refractivity contribution is 6.58. The lowest BCUT2D eigenvalue weighted by atomic mass is 9.76. The number of hydrogen-bond donors (Lipinski definition) is 4. The van der Waals surface area contributed by atoms with Crippen molar-refractivity contribution in [3.63, 3.8) is 0 Å². The van der Waals surface area contributed by atoms with E-state index in [1.165, 1.54) is 0 Å². The van der Waals surface area contributed by atoms with Gasteiger partial charge in [-0.25, -0.2) is 0 Å². The smallest absolute Gasteiger partial charge is 0.488 e. The summed E-state index contributed by atoms with van der Waals surface area (Å²) >= 11 is 0. The zero-order chi connectivity index (χ0) is 18.3. The highest BCUT2D eigenvalue weighted by atomic mass is 16.5. The van der Waals surface area contributed by atoms with E-state index in [4.69, 9.17) is 24.8 Å². The van der Waals surface area contributed by atoms with Crippen LogP contribution >= 0.6 is 0 Å². The van der Waals surface area contributed by atoms with Gasteiger partial charge >= 0.3 is 14.2 Å². The molecule has 0 aromatic heterocycles. The van der Waals surface area contributed by atoms with E-state index in [-0.39, 0.29) is 5.41 Å². The molecule has 0 radical (unpaired) electrons. The number of rotatable bonds is 3. The van der Waals surface area contributed by atoms with E-state index in [9.17, 15) is 0 Å². The van der Waals surface area contributed by atoms with Crippen LogP contribution in [-0.2, 0) is 5.41 Å². The van der Waals surface area contributed by atoms with Crippen molar-refractivity contribution in [3.8, 4) is 5.75 Å². The Morgan fingerprint density at radius 3 is 1.75 bits per heavy atom. The summed E-state index contributed by atoms with van der Waals surface area (Å²) in [7, 11) is -1.21. The number of hydrogen-bond acceptors (Lipinski definition) is 5. The van der Waals surface area contributed by atoms with Crippen molar-refractivity contribution in [2.24, 2.45) is 0 Å². The minimum atomic E-state index is -1.40. The van der Waals surface area contributed by atoms with Gasteiger partial charge in [0.1, 0.15) is 5.75 Å². The molecule has 5 nitrogen and oxygen atoms in total. The largest absolute Gasteiger partial charge is 0.497 e. The average Bonchev–Trinajstić information content (AvgIpc) is 2.54.